The van der Waals surface area contributed by atoms with Gasteiger partial charge in [-0.3, -0.25) is 9.59 Å². The lowest BCUT2D eigenvalue weighted by Crippen LogP contribution is -2.42. The maximum Gasteiger partial charge on any atom is 0.261 e. The number of H-pyrrole nitrogens is 1. The molecule has 2 atom stereocenters. The van der Waals surface area contributed by atoms with E-state index in [4.69, 9.17) is 0 Å². The molecule has 0 aliphatic heterocycles. The standard InChI is InChI=1S/C28H35N9O2S2/c1-15(32-14-17(3)37(16(2)13-29)18-6-7-18)12-28(27-33-35-36-34-27)19-10-23(25(38)30-4)40-21(19)8-9-22-20(28)11-24(41-22)26(39)31-5/h10-11,15-16,18,32H,3,6-9,12,14H2,1-2,4-5H3,(H,30,38)(H,31,39)(H,33,34,35,36)/t15-,16?/m0/s1. The maximum absolute atomic E-state index is 12.7. The van der Waals surface area contributed by atoms with Gasteiger partial charge >= 0.3 is 0 Å². The monoisotopic (exact) mass is 593 g/mol. The second kappa shape index (κ2) is 11.7. The van der Waals surface area contributed by atoms with Crippen LogP contribution in [0.3, 0.4) is 0 Å². The Balaban J connectivity index is 1.57. The second-order valence-electron chi connectivity index (χ2n) is 10.7. The molecule has 0 spiro atoms. The summed E-state index contributed by atoms with van der Waals surface area (Å²) in [7, 11) is 3.26. The van der Waals surface area contributed by atoms with Gasteiger partial charge in [0.1, 0.15) is 6.04 Å². The highest BCUT2D eigenvalue weighted by Gasteiger charge is 2.48. The van der Waals surface area contributed by atoms with Gasteiger partial charge in [0.15, 0.2) is 5.82 Å². The first kappa shape index (κ1) is 28.9. The minimum absolute atomic E-state index is 0.0609. The molecular formula is C28H35N9O2S2. The number of rotatable bonds is 11. The van der Waals surface area contributed by atoms with Crippen LogP contribution in [-0.2, 0) is 18.3 Å². The van der Waals surface area contributed by atoms with Crippen molar-refractivity contribution in [1.29, 1.82) is 5.26 Å². The van der Waals surface area contributed by atoms with Crippen molar-refractivity contribution in [1.82, 2.24) is 41.5 Å². The van der Waals surface area contributed by atoms with Crippen LogP contribution in [0.2, 0.25) is 0 Å². The molecule has 0 aromatic carbocycles. The molecule has 41 heavy (non-hydrogen) atoms. The lowest BCUT2D eigenvalue weighted by molar-refractivity contribution is 0.0959. The van der Waals surface area contributed by atoms with Crippen molar-refractivity contribution < 1.29 is 9.59 Å². The maximum atomic E-state index is 12.7. The summed E-state index contributed by atoms with van der Waals surface area (Å²) in [6, 6.07) is 6.33. The van der Waals surface area contributed by atoms with Gasteiger partial charge < -0.3 is 20.9 Å². The van der Waals surface area contributed by atoms with Crippen LogP contribution in [0.15, 0.2) is 24.4 Å². The summed E-state index contributed by atoms with van der Waals surface area (Å²) in [5.74, 6) is 0.210. The number of amides is 2. The first-order valence-electron chi connectivity index (χ1n) is 13.8. The van der Waals surface area contributed by atoms with Gasteiger partial charge in [-0.05, 0) is 69.2 Å². The third-order valence-corrected chi connectivity index (χ3v) is 10.3. The molecule has 1 saturated carbocycles. The van der Waals surface area contributed by atoms with Crippen molar-refractivity contribution in [2.24, 2.45) is 0 Å². The zero-order chi connectivity index (χ0) is 29.3. The van der Waals surface area contributed by atoms with Crippen molar-refractivity contribution in [3.8, 4) is 6.07 Å². The Bertz CT molecular complexity index is 1420. The second-order valence-corrected chi connectivity index (χ2v) is 13.0. The summed E-state index contributed by atoms with van der Waals surface area (Å²) in [6.07, 6.45) is 4.16. The normalized spacial score (nSPS) is 16.9. The number of aryl methyl sites for hydroxylation is 2. The van der Waals surface area contributed by atoms with E-state index in [-0.39, 0.29) is 23.9 Å². The Morgan fingerprint density at radius 1 is 1.15 bits per heavy atom. The van der Waals surface area contributed by atoms with Crippen LogP contribution in [0.25, 0.3) is 0 Å². The van der Waals surface area contributed by atoms with Gasteiger partial charge in [-0.15, -0.1) is 32.9 Å². The van der Waals surface area contributed by atoms with Crippen molar-refractivity contribution >= 4 is 34.5 Å². The van der Waals surface area contributed by atoms with E-state index in [0.29, 0.717) is 34.6 Å². The number of aromatic amines is 1. The van der Waals surface area contributed by atoms with Crippen molar-refractivity contribution in [3.63, 3.8) is 0 Å². The van der Waals surface area contributed by atoms with Gasteiger partial charge in [0.2, 0.25) is 0 Å². The lowest BCUT2D eigenvalue weighted by atomic mass is 9.70. The van der Waals surface area contributed by atoms with E-state index in [1.807, 2.05) is 19.1 Å². The lowest BCUT2D eigenvalue weighted by Gasteiger charge is -2.35. The molecule has 5 rings (SSSR count). The molecule has 4 N–H and O–H groups in total. The molecule has 3 aromatic heterocycles. The van der Waals surface area contributed by atoms with Crippen molar-refractivity contribution in [3.05, 3.63) is 60.9 Å². The molecule has 0 saturated heterocycles. The van der Waals surface area contributed by atoms with Crippen LogP contribution in [0.5, 0.6) is 0 Å². The number of carbonyl (C=O) groups excluding carboxylic acids is 2. The molecule has 0 bridgehead atoms. The molecule has 0 radical (unpaired) electrons. The average Bonchev–Trinajstić information content (AvgIpc) is 3.35. The Morgan fingerprint density at radius 3 is 2.20 bits per heavy atom. The van der Waals surface area contributed by atoms with Crippen LogP contribution in [0.1, 0.15) is 79.2 Å². The Morgan fingerprint density at radius 2 is 1.73 bits per heavy atom. The van der Waals surface area contributed by atoms with Gasteiger partial charge in [-0.2, -0.15) is 10.5 Å². The topological polar surface area (TPSA) is 152 Å². The molecule has 3 aromatic rings. The van der Waals surface area contributed by atoms with E-state index in [1.54, 1.807) is 14.1 Å². The molecule has 2 amide bonds. The van der Waals surface area contributed by atoms with Gasteiger partial charge in [0, 0.05) is 48.2 Å². The molecule has 13 heteroatoms. The Kier molecular flexibility index (Phi) is 8.26. The predicted octanol–water partition coefficient (Wildman–Crippen LogP) is 2.73. The van der Waals surface area contributed by atoms with Gasteiger partial charge in [0.05, 0.1) is 21.2 Å². The highest BCUT2D eigenvalue weighted by molar-refractivity contribution is 7.15. The number of fused-ring (bicyclic) bond motifs is 2. The first-order valence-corrected chi connectivity index (χ1v) is 15.4. The zero-order valence-corrected chi connectivity index (χ0v) is 25.3. The molecule has 11 nitrogen and oxygen atoms in total. The summed E-state index contributed by atoms with van der Waals surface area (Å²) in [5, 5.41) is 34.3. The van der Waals surface area contributed by atoms with E-state index >= 15 is 0 Å². The fourth-order valence-electron chi connectivity index (χ4n) is 5.87. The van der Waals surface area contributed by atoms with E-state index in [2.05, 4.69) is 61.0 Å². The Labute approximate surface area is 247 Å². The quantitative estimate of drug-likeness (QED) is 0.265. The van der Waals surface area contributed by atoms with Crippen LogP contribution in [0, 0.1) is 11.3 Å². The largest absolute Gasteiger partial charge is 0.356 e. The minimum Gasteiger partial charge on any atom is -0.356 e. The number of hydrogen-bond donors (Lipinski definition) is 4. The highest BCUT2D eigenvalue weighted by Crippen LogP contribution is 2.50. The molecule has 216 valence electrons. The number of nitrogens with one attached hydrogen (secondary N) is 4. The molecule has 1 unspecified atom stereocenters. The number of nitrogens with zero attached hydrogens (tertiary/aromatic N) is 5. The highest BCUT2D eigenvalue weighted by atomic mass is 32.1. The molecule has 2 aliphatic carbocycles. The van der Waals surface area contributed by atoms with Crippen LogP contribution < -0.4 is 16.0 Å². The van der Waals surface area contributed by atoms with E-state index in [1.165, 1.54) is 22.7 Å². The van der Waals surface area contributed by atoms with Gasteiger partial charge in [-0.1, -0.05) is 11.8 Å². The van der Waals surface area contributed by atoms with Gasteiger partial charge in [0.25, 0.3) is 11.8 Å². The number of aromatic nitrogens is 4. The first-order chi connectivity index (χ1) is 19.7. The van der Waals surface area contributed by atoms with E-state index in [9.17, 15) is 14.9 Å². The zero-order valence-electron chi connectivity index (χ0n) is 23.7. The third kappa shape index (κ3) is 5.39. The van der Waals surface area contributed by atoms with Gasteiger partial charge in [-0.25, -0.2) is 0 Å². The van der Waals surface area contributed by atoms with Crippen molar-refractivity contribution in [2.75, 3.05) is 20.6 Å². The average molecular weight is 594 g/mol. The molecular weight excluding hydrogens is 559 g/mol. The minimum atomic E-state index is -0.858. The molecule has 1 fully saturated rings. The third-order valence-electron chi connectivity index (χ3n) is 7.92. The molecule has 3 heterocycles. The smallest absolute Gasteiger partial charge is 0.261 e. The van der Waals surface area contributed by atoms with Crippen LogP contribution >= 0.6 is 22.7 Å². The van der Waals surface area contributed by atoms with Crippen LogP contribution in [-0.4, -0.2) is 76.1 Å². The fourth-order valence-corrected chi connectivity index (χ4v) is 8.23. The fraction of sp³-hybridized carbons (Fsp3) is 0.500. The van der Waals surface area contributed by atoms with Crippen molar-refractivity contribution in [2.45, 2.75) is 69.5 Å². The number of carbonyl (C=O) groups is 2. The summed E-state index contributed by atoms with van der Waals surface area (Å²) in [6.45, 7) is 8.84. The number of tetrazole rings is 1. The SMILES string of the molecule is C=C(CN[C@@H](C)CC1(c2nn[nH]n2)c2cc(C(=O)NC)sc2CCc2sc(C(=O)NC)cc21)N(C(C)C#N)C1CC1. The summed E-state index contributed by atoms with van der Waals surface area (Å²) in [5.41, 5.74) is 1.96. The summed E-state index contributed by atoms with van der Waals surface area (Å²) < 4.78 is 0. The Hall–Kier alpha value is -3.60. The molecule has 2 aliphatic rings. The number of hydrogen-bond acceptors (Lipinski definition) is 10. The van der Waals surface area contributed by atoms with Crippen LogP contribution in [0.4, 0.5) is 0 Å². The summed E-state index contributed by atoms with van der Waals surface area (Å²) >= 11 is 2.98. The van der Waals surface area contributed by atoms with E-state index < -0.39 is 5.41 Å². The number of thiophene rings is 2. The van der Waals surface area contributed by atoms with E-state index in [0.717, 1.165) is 52.3 Å². The number of nitriles is 1. The summed E-state index contributed by atoms with van der Waals surface area (Å²) in [4.78, 5) is 31.0. The predicted molar refractivity (Wildman–Crippen MR) is 158 cm³/mol.